The molecule has 2 aromatic rings. The van der Waals surface area contributed by atoms with Crippen LogP contribution in [0.25, 0.3) is 0 Å². The average Bonchev–Trinajstić information content (AvgIpc) is 3.00. The van der Waals surface area contributed by atoms with Crippen molar-refractivity contribution >= 4 is 5.84 Å². The maximum atomic E-state index is 5.92. The summed E-state index contributed by atoms with van der Waals surface area (Å²) in [7, 11) is 3.72. The fourth-order valence-electron chi connectivity index (χ4n) is 2.62. The van der Waals surface area contributed by atoms with E-state index in [1.165, 1.54) is 5.56 Å². The highest BCUT2D eigenvalue weighted by Gasteiger charge is 2.16. The fourth-order valence-corrected chi connectivity index (χ4v) is 2.62. The molecular formula is C19H22N2O2. The van der Waals surface area contributed by atoms with E-state index in [-0.39, 0.29) is 0 Å². The van der Waals surface area contributed by atoms with Crippen LogP contribution in [-0.2, 0) is 6.61 Å². The zero-order valence-corrected chi connectivity index (χ0v) is 13.9. The van der Waals surface area contributed by atoms with Gasteiger partial charge in [-0.25, -0.2) is 0 Å². The molecule has 0 fully saturated rings. The van der Waals surface area contributed by atoms with Gasteiger partial charge in [-0.15, -0.1) is 0 Å². The molecule has 0 bridgehead atoms. The van der Waals surface area contributed by atoms with E-state index in [4.69, 9.17) is 9.47 Å². The van der Waals surface area contributed by atoms with Gasteiger partial charge >= 0.3 is 0 Å². The monoisotopic (exact) mass is 310 g/mol. The first-order valence-electron chi connectivity index (χ1n) is 7.80. The van der Waals surface area contributed by atoms with Gasteiger partial charge in [0.2, 0.25) is 0 Å². The predicted molar refractivity (Wildman–Crippen MR) is 92.5 cm³/mol. The Labute approximate surface area is 137 Å². The summed E-state index contributed by atoms with van der Waals surface area (Å²) in [5.41, 5.74) is 3.45. The van der Waals surface area contributed by atoms with Crippen LogP contribution < -0.4 is 9.47 Å². The van der Waals surface area contributed by atoms with Crippen LogP contribution in [0.1, 0.15) is 16.7 Å². The van der Waals surface area contributed by atoms with E-state index in [1.807, 2.05) is 18.2 Å². The lowest BCUT2D eigenvalue weighted by atomic mass is 10.1. The van der Waals surface area contributed by atoms with Crippen molar-refractivity contribution in [3.05, 3.63) is 59.2 Å². The lowest BCUT2D eigenvalue weighted by Crippen LogP contribution is -2.23. The van der Waals surface area contributed by atoms with Crippen molar-refractivity contribution in [2.75, 3.05) is 27.2 Å². The second kappa shape index (κ2) is 6.73. The summed E-state index contributed by atoms with van der Waals surface area (Å²) in [4.78, 5) is 6.69. The molecule has 0 spiro atoms. The molecule has 0 radical (unpaired) electrons. The third-order valence-corrected chi connectivity index (χ3v) is 4.00. The van der Waals surface area contributed by atoms with E-state index >= 15 is 0 Å². The smallest absolute Gasteiger partial charge is 0.161 e. The molecule has 120 valence electrons. The van der Waals surface area contributed by atoms with Crippen molar-refractivity contribution in [1.29, 1.82) is 0 Å². The molecule has 4 nitrogen and oxygen atoms in total. The van der Waals surface area contributed by atoms with Gasteiger partial charge in [-0.3, -0.25) is 4.99 Å². The molecule has 0 unspecified atom stereocenters. The number of aryl methyl sites for hydroxylation is 1. The Morgan fingerprint density at radius 3 is 2.52 bits per heavy atom. The molecule has 1 aliphatic rings. The Bertz CT molecular complexity index is 708. The summed E-state index contributed by atoms with van der Waals surface area (Å²) in [6.07, 6.45) is 0. The largest absolute Gasteiger partial charge is 0.493 e. The highest BCUT2D eigenvalue weighted by Crippen LogP contribution is 2.29. The molecule has 3 rings (SSSR count). The number of hydrogen-bond donors (Lipinski definition) is 0. The maximum Gasteiger partial charge on any atom is 0.161 e. The molecule has 0 amide bonds. The normalized spacial score (nSPS) is 13.9. The van der Waals surface area contributed by atoms with Crippen LogP contribution in [0.2, 0.25) is 0 Å². The fraction of sp³-hybridized carbons (Fsp3) is 0.316. The summed E-state index contributed by atoms with van der Waals surface area (Å²) in [5.74, 6) is 2.49. The molecule has 0 saturated heterocycles. The molecule has 0 aliphatic carbocycles. The molecule has 2 aromatic carbocycles. The van der Waals surface area contributed by atoms with Crippen molar-refractivity contribution in [2.45, 2.75) is 13.5 Å². The Balaban J connectivity index is 1.76. The standard InChI is InChI=1S/C19H22N2O2/c1-14-4-6-15(7-5-14)13-23-17-9-8-16(12-18(17)22-3)19-20-10-11-21(19)2/h4-9,12H,10-11,13H2,1-3H3. The van der Waals surface area contributed by atoms with Crippen LogP contribution in [-0.4, -0.2) is 38.0 Å². The first-order valence-corrected chi connectivity index (χ1v) is 7.80. The Kier molecular flexibility index (Phi) is 4.51. The SMILES string of the molecule is COc1cc(C2=NCCN2C)ccc1OCc1ccc(C)cc1. The Morgan fingerprint density at radius 2 is 1.87 bits per heavy atom. The number of amidine groups is 1. The van der Waals surface area contributed by atoms with Crippen molar-refractivity contribution in [3.63, 3.8) is 0 Å². The highest BCUT2D eigenvalue weighted by atomic mass is 16.5. The van der Waals surface area contributed by atoms with Crippen molar-refractivity contribution in [3.8, 4) is 11.5 Å². The summed E-state index contributed by atoms with van der Waals surface area (Å²) in [5, 5.41) is 0. The molecule has 0 aromatic heterocycles. The van der Waals surface area contributed by atoms with Gasteiger partial charge in [0.05, 0.1) is 13.7 Å². The van der Waals surface area contributed by atoms with Gasteiger partial charge in [-0.05, 0) is 30.7 Å². The lowest BCUT2D eigenvalue weighted by molar-refractivity contribution is 0.284. The summed E-state index contributed by atoms with van der Waals surface area (Å²) >= 11 is 0. The van der Waals surface area contributed by atoms with E-state index < -0.39 is 0 Å². The van der Waals surface area contributed by atoms with Crippen LogP contribution in [0.3, 0.4) is 0 Å². The Morgan fingerprint density at radius 1 is 1.09 bits per heavy atom. The lowest BCUT2D eigenvalue weighted by Gasteiger charge is -2.16. The van der Waals surface area contributed by atoms with E-state index in [1.54, 1.807) is 7.11 Å². The second-order valence-electron chi connectivity index (χ2n) is 5.77. The number of methoxy groups -OCH3 is 1. The zero-order valence-electron chi connectivity index (χ0n) is 13.9. The van der Waals surface area contributed by atoms with Crippen LogP contribution in [0.4, 0.5) is 0 Å². The van der Waals surface area contributed by atoms with E-state index in [2.05, 4.69) is 48.1 Å². The minimum atomic E-state index is 0.525. The Hall–Kier alpha value is -2.49. The quantitative estimate of drug-likeness (QED) is 0.850. The third kappa shape index (κ3) is 3.47. The maximum absolute atomic E-state index is 5.92. The average molecular weight is 310 g/mol. The number of ether oxygens (including phenoxy) is 2. The van der Waals surface area contributed by atoms with Crippen LogP contribution in [0.5, 0.6) is 11.5 Å². The molecule has 0 atom stereocenters. The van der Waals surface area contributed by atoms with Gasteiger partial charge in [0, 0.05) is 19.2 Å². The van der Waals surface area contributed by atoms with Gasteiger partial charge in [-0.2, -0.15) is 0 Å². The van der Waals surface area contributed by atoms with E-state index in [9.17, 15) is 0 Å². The van der Waals surface area contributed by atoms with Crippen molar-refractivity contribution in [1.82, 2.24) is 4.90 Å². The minimum absolute atomic E-state index is 0.525. The second-order valence-corrected chi connectivity index (χ2v) is 5.77. The van der Waals surface area contributed by atoms with Gasteiger partial charge in [0.15, 0.2) is 11.5 Å². The molecule has 1 aliphatic heterocycles. The van der Waals surface area contributed by atoms with Crippen LogP contribution in [0, 0.1) is 6.92 Å². The number of rotatable bonds is 5. The molecule has 4 heteroatoms. The number of hydrogen-bond acceptors (Lipinski definition) is 4. The first kappa shape index (κ1) is 15.4. The van der Waals surface area contributed by atoms with E-state index in [0.717, 1.165) is 41.6 Å². The number of nitrogens with zero attached hydrogens (tertiary/aromatic N) is 2. The van der Waals surface area contributed by atoms with Crippen LogP contribution >= 0.6 is 0 Å². The van der Waals surface area contributed by atoms with Crippen molar-refractivity contribution < 1.29 is 9.47 Å². The number of likely N-dealkylation sites (N-methyl/N-ethyl adjacent to an activating group) is 1. The molecule has 0 N–H and O–H groups in total. The van der Waals surface area contributed by atoms with Crippen molar-refractivity contribution in [2.24, 2.45) is 4.99 Å². The molecule has 23 heavy (non-hydrogen) atoms. The predicted octanol–water partition coefficient (Wildman–Crippen LogP) is 3.27. The van der Waals surface area contributed by atoms with Gasteiger partial charge in [0.1, 0.15) is 12.4 Å². The van der Waals surface area contributed by atoms with E-state index in [0.29, 0.717) is 6.61 Å². The molecule has 0 saturated carbocycles. The number of benzene rings is 2. The third-order valence-electron chi connectivity index (χ3n) is 4.00. The summed E-state index contributed by atoms with van der Waals surface area (Å²) in [6.45, 7) is 4.41. The minimum Gasteiger partial charge on any atom is -0.493 e. The van der Waals surface area contributed by atoms with Crippen LogP contribution in [0.15, 0.2) is 47.5 Å². The van der Waals surface area contributed by atoms with Gasteiger partial charge < -0.3 is 14.4 Å². The first-order chi connectivity index (χ1) is 11.2. The molecular weight excluding hydrogens is 288 g/mol. The summed E-state index contributed by atoms with van der Waals surface area (Å²) in [6, 6.07) is 14.3. The van der Waals surface area contributed by atoms with Gasteiger partial charge in [0.25, 0.3) is 0 Å². The molecule has 1 heterocycles. The topological polar surface area (TPSA) is 34.1 Å². The zero-order chi connectivity index (χ0) is 16.2. The summed E-state index contributed by atoms with van der Waals surface area (Å²) < 4.78 is 11.4. The van der Waals surface area contributed by atoms with Gasteiger partial charge in [-0.1, -0.05) is 29.8 Å². The number of aliphatic imine (C=N–C) groups is 1. The highest BCUT2D eigenvalue weighted by molar-refractivity contribution is 6.00.